The summed E-state index contributed by atoms with van der Waals surface area (Å²) in [6.45, 7) is 0. The van der Waals surface area contributed by atoms with Gasteiger partial charge in [0.25, 0.3) is 0 Å². The standard InChI is InChI=1S/C72H54N4/c1-7-31-58(32-8-1)74(59-33-9-2-10-34-59)70-49-22-19-46-67(70)55-28-25-43-64(52-55)73(65-44-26-29-56(53-65)68-47-20-23-50-71(68)75(60-35-11-3-12-36-60)61-37-13-4-14-38-61)66-45-27-30-57(54-66)69-48-21-24-51-72(69)76(62-39-15-5-16-40-62)63-41-17-6-18-42-63/h1-54H. The number of hydrogen-bond donors (Lipinski definition) is 0. The van der Waals surface area contributed by atoms with Crippen LogP contribution in [-0.2, 0) is 0 Å². The van der Waals surface area contributed by atoms with Crippen molar-refractivity contribution in [2.24, 2.45) is 0 Å². The average Bonchev–Trinajstić information content (AvgIpc) is 3.50. The van der Waals surface area contributed by atoms with Crippen LogP contribution in [0.2, 0.25) is 0 Å². The minimum Gasteiger partial charge on any atom is -0.310 e. The summed E-state index contributed by atoms with van der Waals surface area (Å²) in [5.41, 5.74) is 19.5. The van der Waals surface area contributed by atoms with Crippen LogP contribution in [0.4, 0.5) is 68.2 Å². The maximum Gasteiger partial charge on any atom is 0.0540 e. The summed E-state index contributed by atoms with van der Waals surface area (Å²) in [7, 11) is 0. The normalized spacial score (nSPS) is 10.9. The SMILES string of the molecule is c1ccc(N(c2ccccc2)c2ccccc2-c2cccc(N(c3cccc(-c4ccccc4N(c4ccccc4)c4ccccc4)c3)c3cccc(-c4ccccc4N(c4ccccc4)c4ccccc4)c3)c2)cc1. The second-order valence-corrected chi connectivity index (χ2v) is 18.6. The van der Waals surface area contributed by atoms with Crippen molar-refractivity contribution in [3.05, 3.63) is 328 Å². The van der Waals surface area contributed by atoms with Crippen LogP contribution in [0.15, 0.2) is 328 Å². The lowest BCUT2D eigenvalue weighted by Crippen LogP contribution is -2.12. The van der Waals surface area contributed by atoms with Crippen LogP contribution in [0.25, 0.3) is 33.4 Å². The van der Waals surface area contributed by atoms with Crippen LogP contribution >= 0.6 is 0 Å². The number of benzene rings is 12. The molecule has 0 aliphatic heterocycles. The molecule has 4 heteroatoms. The average molecular weight is 975 g/mol. The maximum atomic E-state index is 2.41. The Morgan fingerprint density at radius 1 is 0.145 bits per heavy atom. The number of hydrogen-bond acceptors (Lipinski definition) is 4. The van der Waals surface area contributed by atoms with E-state index >= 15 is 0 Å². The molecule has 0 atom stereocenters. The van der Waals surface area contributed by atoms with Gasteiger partial charge in [-0.2, -0.15) is 0 Å². The minimum atomic E-state index is 1.03. The molecule has 0 fully saturated rings. The lowest BCUT2D eigenvalue weighted by Gasteiger charge is -2.30. The third-order valence-corrected chi connectivity index (χ3v) is 13.8. The largest absolute Gasteiger partial charge is 0.310 e. The number of nitrogens with zero attached hydrogens (tertiary/aromatic N) is 4. The summed E-state index contributed by atoms with van der Waals surface area (Å²) < 4.78 is 0. The van der Waals surface area contributed by atoms with Gasteiger partial charge in [-0.05, 0) is 144 Å². The predicted molar refractivity (Wildman–Crippen MR) is 321 cm³/mol. The molecule has 0 amide bonds. The lowest BCUT2D eigenvalue weighted by atomic mass is 9.98. The fraction of sp³-hybridized carbons (Fsp3) is 0. The summed E-state index contributed by atoms with van der Waals surface area (Å²) in [5, 5.41) is 0. The molecule has 0 unspecified atom stereocenters. The molecule has 0 N–H and O–H groups in total. The van der Waals surface area contributed by atoms with Gasteiger partial charge < -0.3 is 19.6 Å². The summed E-state index contributed by atoms with van der Waals surface area (Å²) >= 11 is 0. The van der Waals surface area contributed by atoms with Gasteiger partial charge in [-0.25, -0.2) is 0 Å². The molecule has 0 heterocycles. The molecule has 12 aromatic rings. The zero-order chi connectivity index (χ0) is 50.9. The number of anilines is 12. The van der Waals surface area contributed by atoms with Gasteiger partial charge in [-0.15, -0.1) is 0 Å². The van der Waals surface area contributed by atoms with Crippen LogP contribution in [0.1, 0.15) is 0 Å². The highest BCUT2D eigenvalue weighted by molar-refractivity contribution is 5.94. The monoisotopic (exact) mass is 974 g/mol. The van der Waals surface area contributed by atoms with Gasteiger partial charge in [0.05, 0.1) is 17.1 Å². The van der Waals surface area contributed by atoms with Gasteiger partial charge in [0.1, 0.15) is 0 Å². The van der Waals surface area contributed by atoms with Crippen LogP contribution in [0.3, 0.4) is 0 Å². The van der Waals surface area contributed by atoms with Crippen molar-refractivity contribution in [1.29, 1.82) is 0 Å². The zero-order valence-corrected chi connectivity index (χ0v) is 42.0. The third kappa shape index (κ3) is 9.74. The second-order valence-electron chi connectivity index (χ2n) is 18.6. The topological polar surface area (TPSA) is 13.0 Å². The highest BCUT2D eigenvalue weighted by Crippen LogP contribution is 2.47. The molecule has 76 heavy (non-hydrogen) atoms. The van der Waals surface area contributed by atoms with Crippen LogP contribution in [0, 0.1) is 0 Å². The van der Waals surface area contributed by atoms with Crippen molar-refractivity contribution >= 4 is 68.2 Å². The Morgan fingerprint density at radius 2 is 0.342 bits per heavy atom. The van der Waals surface area contributed by atoms with Crippen molar-refractivity contribution in [1.82, 2.24) is 0 Å². The highest BCUT2D eigenvalue weighted by atomic mass is 15.2. The first-order chi connectivity index (χ1) is 37.7. The molecule has 0 spiro atoms. The minimum absolute atomic E-state index is 1.03. The molecule has 0 aliphatic carbocycles. The Balaban J connectivity index is 1.03. The van der Waals surface area contributed by atoms with Gasteiger partial charge in [-0.1, -0.05) is 200 Å². The van der Waals surface area contributed by atoms with E-state index in [9.17, 15) is 0 Å². The first-order valence-corrected chi connectivity index (χ1v) is 25.8. The van der Waals surface area contributed by atoms with E-state index in [4.69, 9.17) is 0 Å². The first kappa shape index (κ1) is 46.9. The van der Waals surface area contributed by atoms with E-state index < -0.39 is 0 Å². The van der Waals surface area contributed by atoms with E-state index in [0.29, 0.717) is 0 Å². The van der Waals surface area contributed by atoms with Gasteiger partial charge in [0, 0.05) is 67.9 Å². The zero-order valence-electron chi connectivity index (χ0n) is 42.0. The summed E-state index contributed by atoms with van der Waals surface area (Å²) in [6.07, 6.45) is 0. The Kier molecular flexibility index (Phi) is 13.5. The third-order valence-electron chi connectivity index (χ3n) is 13.8. The summed E-state index contributed by atoms with van der Waals surface area (Å²) in [6, 6.07) is 117. The van der Waals surface area contributed by atoms with Crippen LogP contribution < -0.4 is 19.6 Å². The summed E-state index contributed by atoms with van der Waals surface area (Å²) in [5.74, 6) is 0. The van der Waals surface area contributed by atoms with E-state index in [1.165, 1.54) is 0 Å². The van der Waals surface area contributed by atoms with Crippen molar-refractivity contribution in [2.75, 3.05) is 19.6 Å². The van der Waals surface area contributed by atoms with Crippen LogP contribution in [-0.4, -0.2) is 0 Å². The molecule has 362 valence electrons. The predicted octanol–water partition coefficient (Wildman–Crippen LogP) is 20.6. The van der Waals surface area contributed by atoms with E-state index in [-0.39, 0.29) is 0 Å². The Bertz CT molecular complexity index is 3310. The smallest absolute Gasteiger partial charge is 0.0540 e. The molecule has 0 saturated carbocycles. The van der Waals surface area contributed by atoms with E-state index in [2.05, 4.69) is 347 Å². The molecule has 0 aromatic heterocycles. The first-order valence-electron chi connectivity index (χ1n) is 25.8. The molecular weight excluding hydrogens is 921 g/mol. The Labute approximate surface area is 446 Å². The van der Waals surface area contributed by atoms with Crippen molar-refractivity contribution < 1.29 is 0 Å². The van der Waals surface area contributed by atoms with Gasteiger partial charge in [-0.3, -0.25) is 0 Å². The molecule has 12 aromatic carbocycles. The number of rotatable bonds is 15. The van der Waals surface area contributed by atoms with Gasteiger partial charge in [0.2, 0.25) is 0 Å². The molecule has 4 nitrogen and oxygen atoms in total. The molecule has 12 rings (SSSR count). The molecule has 0 saturated heterocycles. The van der Waals surface area contributed by atoms with Gasteiger partial charge >= 0.3 is 0 Å². The molecular formula is C72H54N4. The quantitative estimate of drug-likeness (QED) is 0.101. The van der Waals surface area contributed by atoms with Gasteiger partial charge in [0.15, 0.2) is 0 Å². The van der Waals surface area contributed by atoms with Crippen molar-refractivity contribution in [2.45, 2.75) is 0 Å². The summed E-state index contributed by atoms with van der Waals surface area (Å²) in [4.78, 5) is 9.46. The van der Waals surface area contributed by atoms with E-state index in [0.717, 1.165) is 102 Å². The van der Waals surface area contributed by atoms with Crippen molar-refractivity contribution in [3.8, 4) is 33.4 Å². The van der Waals surface area contributed by atoms with Crippen molar-refractivity contribution in [3.63, 3.8) is 0 Å². The second kappa shape index (κ2) is 21.9. The lowest BCUT2D eigenvalue weighted by molar-refractivity contribution is 1.27. The highest BCUT2D eigenvalue weighted by Gasteiger charge is 2.23. The fourth-order valence-corrected chi connectivity index (χ4v) is 10.4. The molecule has 0 bridgehead atoms. The van der Waals surface area contributed by atoms with E-state index in [1.807, 2.05) is 0 Å². The maximum absolute atomic E-state index is 2.41. The fourth-order valence-electron chi connectivity index (χ4n) is 10.4. The number of para-hydroxylation sites is 9. The molecule has 0 aliphatic rings. The van der Waals surface area contributed by atoms with E-state index in [1.54, 1.807) is 0 Å². The Hall–Kier alpha value is -10.2. The Morgan fingerprint density at radius 3 is 0.579 bits per heavy atom. The van der Waals surface area contributed by atoms with Crippen LogP contribution in [0.5, 0.6) is 0 Å². The molecule has 0 radical (unpaired) electrons.